The van der Waals surface area contributed by atoms with Crippen molar-refractivity contribution in [1.82, 2.24) is 4.98 Å². The van der Waals surface area contributed by atoms with Gasteiger partial charge in [0.25, 0.3) is 0 Å². The van der Waals surface area contributed by atoms with Gasteiger partial charge >= 0.3 is 0 Å². The number of aromatic nitrogens is 1. The fourth-order valence-corrected chi connectivity index (χ4v) is 0.466. The first kappa shape index (κ1) is 5.09. The standard InChI is InChI=1S/C6H7N2/c1-7-6-3-2-4-8-5-6/h2-4,7H,1H3. The van der Waals surface area contributed by atoms with E-state index >= 15 is 0 Å². The summed E-state index contributed by atoms with van der Waals surface area (Å²) in [5.41, 5.74) is 0.924. The van der Waals surface area contributed by atoms with Crippen LogP contribution in [0.5, 0.6) is 0 Å². The van der Waals surface area contributed by atoms with Crippen molar-refractivity contribution in [3.05, 3.63) is 24.5 Å². The van der Waals surface area contributed by atoms with Crippen LogP contribution in [0.2, 0.25) is 0 Å². The molecule has 2 heteroatoms. The zero-order valence-corrected chi connectivity index (χ0v) is 4.68. The predicted octanol–water partition coefficient (Wildman–Crippen LogP) is 0.923. The minimum atomic E-state index is 0.924. The summed E-state index contributed by atoms with van der Waals surface area (Å²) in [5.74, 6) is 0. The fourth-order valence-electron chi connectivity index (χ4n) is 0.466. The highest BCUT2D eigenvalue weighted by atomic mass is 14.8. The molecule has 0 saturated heterocycles. The first-order valence-corrected chi connectivity index (χ1v) is 2.44. The second-order valence-corrected chi connectivity index (χ2v) is 1.41. The molecule has 41 valence electrons. The molecule has 0 spiro atoms. The molecule has 0 aliphatic carbocycles. The molecular formula is C6H7N2. The van der Waals surface area contributed by atoms with Crippen LogP contribution in [0.4, 0.5) is 5.69 Å². The van der Waals surface area contributed by atoms with Crippen molar-refractivity contribution in [2.75, 3.05) is 12.4 Å². The molecule has 0 saturated carbocycles. The molecule has 1 rings (SSSR count). The summed E-state index contributed by atoms with van der Waals surface area (Å²) in [6.07, 6.45) is 4.45. The van der Waals surface area contributed by atoms with Crippen LogP contribution in [0.1, 0.15) is 0 Å². The molecule has 0 aromatic carbocycles. The van der Waals surface area contributed by atoms with Crippen molar-refractivity contribution >= 4 is 5.69 Å². The Kier molecular flexibility index (Phi) is 1.47. The molecule has 0 atom stereocenters. The minimum absolute atomic E-state index is 0.924. The van der Waals surface area contributed by atoms with Crippen molar-refractivity contribution < 1.29 is 0 Å². The first-order chi connectivity index (χ1) is 3.93. The Morgan fingerprint density at radius 2 is 2.62 bits per heavy atom. The predicted molar refractivity (Wildman–Crippen MR) is 32.6 cm³/mol. The van der Waals surface area contributed by atoms with Crippen LogP contribution in [0.3, 0.4) is 0 Å². The number of rotatable bonds is 1. The van der Waals surface area contributed by atoms with Crippen molar-refractivity contribution in [2.24, 2.45) is 0 Å². The molecule has 1 heterocycles. The lowest BCUT2D eigenvalue weighted by Crippen LogP contribution is -1.86. The van der Waals surface area contributed by atoms with Crippen molar-refractivity contribution in [3.63, 3.8) is 0 Å². The van der Waals surface area contributed by atoms with E-state index in [1.165, 1.54) is 0 Å². The van der Waals surface area contributed by atoms with Gasteiger partial charge in [0.2, 0.25) is 0 Å². The van der Waals surface area contributed by atoms with E-state index in [4.69, 9.17) is 0 Å². The van der Waals surface area contributed by atoms with E-state index in [2.05, 4.69) is 16.5 Å². The maximum Gasteiger partial charge on any atom is 0.114 e. The number of hydrogen-bond donors (Lipinski definition) is 1. The third kappa shape index (κ3) is 0.964. The lowest BCUT2D eigenvalue weighted by molar-refractivity contribution is 1.30. The average Bonchev–Trinajstić information content (AvgIpc) is 1.90. The Labute approximate surface area is 48.6 Å². The van der Waals surface area contributed by atoms with E-state index in [9.17, 15) is 0 Å². The number of nitrogens with one attached hydrogen (secondary N) is 1. The Balaban J connectivity index is 2.83. The van der Waals surface area contributed by atoms with E-state index in [1.54, 1.807) is 6.20 Å². The van der Waals surface area contributed by atoms with Crippen LogP contribution in [0, 0.1) is 6.20 Å². The first-order valence-electron chi connectivity index (χ1n) is 2.44. The molecule has 1 aromatic rings. The second-order valence-electron chi connectivity index (χ2n) is 1.41. The molecule has 0 bridgehead atoms. The normalized spacial score (nSPS) is 8.62. The van der Waals surface area contributed by atoms with Crippen LogP contribution in [-0.4, -0.2) is 12.0 Å². The van der Waals surface area contributed by atoms with E-state index in [0.717, 1.165) is 5.69 Å². The van der Waals surface area contributed by atoms with Gasteiger partial charge in [-0.3, -0.25) is 4.98 Å². The largest absolute Gasteiger partial charge is 0.386 e. The summed E-state index contributed by atoms with van der Waals surface area (Å²) < 4.78 is 0. The summed E-state index contributed by atoms with van der Waals surface area (Å²) in [7, 11) is 1.84. The van der Waals surface area contributed by atoms with Gasteiger partial charge in [0.1, 0.15) is 6.20 Å². The van der Waals surface area contributed by atoms with Crippen molar-refractivity contribution in [1.29, 1.82) is 0 Å². The van der Waals surface area contributed by atoms with Crippen LogP contribution < -0.4 is 5.32 Å². The molecule has 0 aliphatic heterocycles. The lowest BCUT2D eigenvalue weighted by atomic mass is 10.4. The second kappa shape index (κ2) is 2.31. The van der Waals surface area contributed by atoms with Gasteiger partial charge in [0.05, 0.1) is 5.69 Å². The maximum atomic E-state index is 3.77. The summed E-state index contributed by atoms with van der Waals surface area (Å²) in [4.78, 5) is 3.77. The van der Waals surface area contributed by atoms with Crippen molar-refractivity contribution in [3.8, 4) is 0 Å². The molecule has 0 fully saturated rings. The minimum Gasteiger partial charge on any atom is -0.386 e. The van der Waals surface area contributed by atoms with Crippen LogP contribution in [0.25, 0.3) is 0 Å². The summed E-state index contributed by atoms with van der Waals surface area (Å²) in [5, 5.41) is 2.91. The van der Waals surface area contributed by atoms with Crippen LogP contribution in [-0.2, 0) is 0 Å². The molecule has 0 amide bonds. The third-order valence-corrected chi connectivity index (χ3v) is 0.878. The van der Waals surface area contributed by atoms with Gasteiger partial charge in [0.15, 0.2) is 0 Å². The number of pyridine rings is 1. The summed E-state index contributed by atoms with van der Waals surface area (Å²) in [6, 6.07) is 3.77. The highest BCUT2D eigenvalue weighted by Crippen LogP contribution is 1.97. The smallest absolute Gasteiger partial charge is 0.114 e. The van der Waals surface area contributed by atoms with Gasteiger partial charge < -0.3 is 5.32 Å². The molecule has 1 N–H and O–H groups in total. The third-order valence-electron chi connectivity index (χ3n) is 0.878. The highest BCUT2D eigenvalue weighted by molar-refractivity contribution is 5.37. The van der Waals surface area contributed by atoms with Gasteiger partial charge in [0, 0.05) is 13.2 Å². The number of anilines is 1. The molecule has 1 aromatic heterocycles. The average molecular weight is 107 g/mol. The van der Waals surface area contributed by atoms with Gasteiger partial charge in [-0.15, -0.1) is 0 Å². The Hall–Kier alpha value is -1.05. The van der Waals surface area contributed by atoms with E-state index in [1.807, 2.05) is 19.2 Å². The lowest BCUT2D eigenvalue weighted by Gasteiger charge is -1.92. The molecule has 8 heavy (non-hydrogen) atoms. The maximum absolute atomic E-state index is 3.77. The monoisotopic (exact) mass is 107 g/mol. The Bertz CT molecular complexity index is 148. The number of nitrogens with zero attached hydrogens (tertiary/aromatic N) is 1. The quantitative estimate of drug-likeness (QED) is 0.577. The van der Waals surface area contributed by atoms with Crippen LogP contribution in [0.15, 0.2) is 18.3 Å². The molecule has 0 unspecified atom stereocenters. The molecular weight excluding hydrogens is 100 g/mol. The fraction of sp³-hybridized carbons (Fsp3) is 0.167. The number of hydrogen-bond acceptors (Lipinski definition) is 2. The van der Waals surface area contributed by atoms with E-state index in [-0.39, 0.29) is 0 Å². The Morgan fingerprint density at radius 3 is 3.00 bits per heavy atom. The SMILES string of the molecule is CNc1[c]nccc1. The molecule has 0 aliphatic rings. The topological polar surface area (TPSA) is 24.9 Å². The van der Waals surface area contributed by atoms with Crippen LogP contribution >= 0.6 is 0 Å². The summed E-state index contributed by atoms with van der Waals surface area (Å²) >= 11 is 0. The molecule has 1 radical (unpaired) electrons. The van der Waals surface area contributed by atoms with Gasteiger partial charge in [-0.2, -0.15) is 0 Å². The van der Waals surface area contributed by atoms with Gasteiger partial charge in [-0.05, 0) is 12.1 Å². The molecule has 2 nitrogen and oxygen atoms in total. The van der Waals surface area contributed by atoms with E-state index < -0.39 is 0 Å². The highest BCUT2D eigenvalue weighted by Gasteiger charge is 1.80. The van der Waals surface area contributed by atoms with Crippen molar-refractivity contribution in [2.45, 2.75) is 0 Å². The zero-order chi connectivity index (χ0) is 5.82. The Morgan fingerprint density at radius 1 is 1.75 bits per heavy atom. The van der Waals surface area contributed by atoms with Gasteiger partial charge in [-0.1, -0.05) is 0 Å². The zero-order valence-electron chi connectivity index (χ0n) is 4.68. The van der Waals surface area contributed by atoms with E-state index in [0.29, 0.717) is 0 Å². The van der Waals surface area contributed by atoms with Gasteiger partial charge in [-0.25, -0.2) is 0 Å². The summed E-state index contributed by atoms with van der Waals surface area (Å²) in [6.45, 7) is 0.